The van der Waals surface area contributed by atoms with Gasteiger partial charge in [-0.1, -0.05) is 0 Å². The molecule has 2 fully saturated rings. The maximum atomic E-state index is 3.50. The zero-order valence-corrected chi connectivity index (χ0v) is 10.5. The molecule has 0 aromatic heterocycles. The van der Waals surface area contributed by atoms with Crippen LogP contribution in [-0.2, 0) is 0 Å². The van der Waals surface area contributed by atoms with E-state index in [2.05, 4.69) is 29.6 Å². The van der Waals surface area contributed by atoms with E-state index >= 15 is 0 Å². The van der Waals surface area contributed by atoms with Crippen molar-refractivity contribution in [3.05, 3.63) is 0 Å². The van der Waals surface area contributed by atoms with E-state index in [0.717, 1.165) is 5.92 Å². The molecule has 2 aliphatic heterocycles. The van der Waals surface area contributed by atoms with Crippen LogP contribution in [-0.4, -0.2) is 51.7 Å². The van der Waals surface area contributed by atoms with Crippen LogP contribution in [0, 0.1) is 11.3 Å². The third kappa shape index (κ3) is 2.52. The molecule has 0 aromatic rings. The van der Waals surface area contributed by atoms with Crippen LogP contribution in [0.5, 0.6) is 0 Å². The lowest BCUT2D eigenvalue weighted by Crippen LogP contribution is -2.40. The van der Waals surface area contributed by atoms with Gasteiger partial charge >= 0.3 is 0 Å². The Hall–Kier alpha value is 0.460. The molecular formula is C9H21Cl2N3. The highest BCUT2D eigenvalue weighted by Crippen LogP contribution is 2.34. The number of hydrogen-bond donors (Lipinski definition) is 2. The second-order valence-corrected chi connectivity index (χ2v) is 4.56. The minimum absolute atomic E-state index is 0. The second-order valence-electron chi connectivity index (χ2n) is 4.56. The molecule has 2 aliphatic rings. The van der Waals surface area contributed by atoms with Gasteiger partial charge in [0.2, 0.25) is 0 Å². The van der Waals surface area contributed by atoms with Gasteiger partial charge in [-0.15, -0.1) is 24.8 Å². The maximum Gasteiger partial charge on any atom is 0.0132 e. The molecule has 86 valence electrons. The Morgan fingerprint density at radius 3 is 2.07 bits per heavy atom. The van der Waals surface area contributed by atoms with Gasteiger partial charge in [-0.3, -0.25) is 0 Å². The van der Waals surface area contributed by atoms with E-state index < -0.39 is 0 Å². The molecule has 2 heterocycles. The third-order valence-electron chi connectivity index (χ3n) is 3.23. The van der Waals surface area contributed by atoms with Crippen LogP contribution in [0.1, 0.15) is 0 Å². The van der Waals surface area contributed by atoms with Crippen molar-refractivity contribution < 1.29 is 0 Å². The smallest absolute Gasteiger partial charge is 0.0132 e. The zero-order valence-electron chi connectivity index (χ0n) is 8.88. The molecule has 3 nitrogen and oxygen atoms in total. The Kier molecular flexibility index (Phi) is 5.70. The normalized spacial score (nSPS) is 34.9. The van der Waals surface area contributed by atoms with Crippen molar-refractivity contribution >= 4 is 24.8 Å². The first-order valence-corrected chi connectivity index (χ1v) is 4.79. The molecule has 0 bridgehead atoms. The number of hydrogen-bond acceptors (Lipinski definition) is 3. The molecule has 0 saturated carbocycles. The summed E-state index contributed by atoms with van der Waals surface area (Å²) in [5.74, 6) is 0.861. The van der Waals surface area contributed by atoms with E-state index in [1.54, 1.807) is 0 Å². The number of halogens is 2. The molecule has 14 heavy (non-hydrogen) atoms. The van der Waals surface area contributed by atoms with Gasteiger partial charge in [-0.05, 0) is 33.1 Å². The van der Waals surface area contributed by atoms with Crippen LogP contribution in [0.4, 0.5) is 0 Å². The predicted octanol–water partition coefficient (Wildman–Crippen LogP) is 0.201. The van der Waals surface area contributed by atoms with E-state index in [9.17, 15) is 0 Å². The molecule has 2 rings (SSSR count). The topological polar surface area (TPSA) is 27.3 Å². The molecule has 0 radical (unpaired) electrons. The van der Waals surface area contributed by atoms with Gasteiger partial charge in [0.05, 0.1) is 0 Å². The molecule has 2 N–H and O–H groups in total. The average molecular weight is 242 g/mol. The summed E-state index contributed by atoms with van der Waals surface area (Å²) in [7, 11) is 4.34. The Bertz CT molecular complexity index is 165. The van der Waals surface area contributed by atoms with Gasteiger partial charge in [-0.25, -0.2) is 0 Å². The van der Waals surface area contributed by atoms with Gasteiger partial charge < -0.3 is 15.5 Å². The van der Waals surface area contributed by atoms with Gasteiger partial charge in [0.1, 0.15) is 0 Å². The van der Waals surface area contributed by atoms with Crippen molar-refractivity contribution in [3.63, 3.8) is 0 Å². The molecule has 5 heteroatoms. The van der Waals surface area contributed by atoms with E-state index in [4.69, 9.17) is 0 Å². The van der Waals surface area contributed by atoms with Crippen molar-refractivity contribution in [2.75, 3.05) is 46.8 Å². The average Bonchev–Trinajstić information content (AvgIpc) is 2.42. The minimum Gasteiger partial charge on any atom is -0.316 e. The lowest BCUT2D eigenvalue weighted by Gasteiger charge is -2.30. The summed E-state index contributed by atoms with van der Waals surface area (Å²) in [5.41, 5.74) is 0.531. The molecule has 0 atom stereocenters. The zero-order chi connectivity index (χ0) is 8.60. The van der Waals surface area contributed by atoms with Crippen LogP contribution in [0.25, 0.3) is 0 Å². The molecular weight excluding hydrogens is 221 g/mol. The van der Waals surface area contributed by atoms with Crippen LogP contribution in [0.2, 0.25) is 0 Å². The molecule has 0 unspecified atom stereocenters. The summed E-state index contributed by atoms with van der Waals surface area (Å²) in [4.78, 5) is 2.31. The first-order chi connectivity index (χ1) is 5.73. The molecule has 0 aliphatic carbocycles. The summed E-state index contributed by atoms with van der Waals surface area (Å²) in [5, 5.41) is 7.01. The number of nitrogens with one attached hydrogen (secondary N) is 2. The summed E-state index contributed by atoms with van der Waals surface area (Å²) in [6.45, 7) is 6.03. The summed E-state index contributed by atoms with van der Waals surface area (Å²) < 4.78 is 0. The highest BCUT2D eigenvalue weighted by atomic mass is 35.5. The van der Waals surface area contributed by atoms with Crippen molar-refractivity contribution in [1.29, 1.82) is 0 Å². The van der Waals surface area contributed by atoms with Gasteiger partial charge in [0.15, 0.2) is 0 Å². The quantitative estimate of drug-likeness (QED) is 0.724. The Balaban J connectivity index is 0.000000845. The summed E-state index contributed by atoms with van der Waals surface area (Å²) in [6.07, 6.45) is 0. The summed E-state index contributed by atoms with van der Waals surface area (Å²) in [6, 6.07) is 0. The van der Waals surface area contributed by atoms with Crippen molar-refractivity contribution in [2.24, 2.45) is 11.3 Å². The Labute approximate surface area is 98.8 Å². The predicted molar refractivity (Wildman–Crippen MR) is 64.7 cm³/mol. The first-order valence-electron chi connectivity index (χ1n) is 4.79. The lowest BCUT2D eigenvalue weighted by atomic mass is 9.81. The third-order valence-corrected chi connectivity index (χ3v) is 3.23. The highest BCUT2D eigenvalue weighted by Gasteiger charge is 2.46. The fourth-order valence-corrected chi connectivity index (χ4v) is 2.72. The molecule has 2 saturated heterocycles. The molecule has 0 amide bonds. The Morgan fingerprint density at radius 2 is 1.64 bits per heavy atom. The number of rotatable bonds is 2. The standard InChI is InChI=1S/C9H19N3.2ClH/c1-12(2)7-9-5-10-3-8(9)4-11-6-9;;/h8,10-11H,3-7H2,1-2H3;2*1H. The van der Waals surface area contributed by atoms with Crippen molar-refractivity contribution in [2.45, 2.75) is 0 Å². The van der Waals surface area contributed by atoms with Gasteiger partial charge in [0, 0.05) is 25.0 Å². The monoisotopic (exact) mass is 241 g/mol. The van der Waals surface area contributed by atoms with E-state index in [0.29, 0.717) is 5.41 Å². The van der Waals surface area contributed by atoms with Crippen molar-refractivity contribution in [3.8, 4) is 0 Å². The van der Waals surface area contributed by atoms with E-state index in [1.807, 2.05) is 0 Å². The lowest BCUT2D eigenvalue weighted by molar-refractivity contribution is 0.203. The Morgan fingerprint density at radius 1 is 1.14 bits per heavy atom. The summed E-state index contributed by atoms with van der Waals surface area (Å²) >= 11 is 0. The van der Waals surface area contributed by atoms with Crippen molar-refractivity contribution in [1.82, 2.24) is 15.5 Å². The van der Waals surface area contributed by atoms with Crippen LogP contribution in [0.15, 0.2) is 0 Å². The van der Waals surface area contributed by atoms with Crippen LogP contribution >= 0.6 is 24.8 Å². The second kappa shape index (κ2) is 5.52. The minimum atomic E-state index is 0. The fourth-order valence-electron chi connectivity index (χ4n) is 2.72. The maximum absolute atomic E-state index is 3.50. The van der Waals surface area contributed by atoms with Gasteiger partial charge in [0.25, 0.3) is 0 Å². The van der Waals surface area contributed by atoms with Crippen LogP contribution < -0.4 is 10.6 Å². The van der Waals surface area contributed by atoms with Gasteiger partial charge in [-0.2, -0.15) is 0 Å². The SMILES string of the molecule is CN(C)CC12CNCC1CNC2.Cl.Cl. The largest absolute Gasteiger partial charge is 0.316 e. The number of fused-ring (bicyclic) bond motifs is 1. The van der Waals surface area contributed by atoms with Crippen LogP contribution in [0.3, 0.4) is 0 Å². The van der Waals surface area contributed by atoms with E-state index in [1.165, 1.54) is 32.7 Å². The molecule has 0 aromatic carbocycles. The fraction of sp³-hybridized carbons (Fsp3) is 1.00. The first kappa shape index (κ1) is 14.5. The molecule has 0 spiro atoms. The van der Waals surface area contributed by atoms with E-state index in [-0.39, 0.29) is 24.8 Å². The highest BCUT2D eigenvalue weighted by molar-refractivity contribution is 5.85. The number of nitrogens with zero attached hydrogens (tertiary/aromatic N) is 1.